The molecule has 0 radical (unpaired) electrons. The summed E-state index contributed by atoms with van der Waals surface area (Å²) in [7, 11) is 1.26. The number of para-hydroxylation sites is 1. The van der Waals surface area contributed by atoms with E-state index in [0.29, 0.717) is 0 Å². The van der Waals surface area contributed by atoms with Gasteiger partial charge in [-0.05, 0) is 12.1 Å². The summed E-state index contributed by atoms with van der Waals surface area (Å²) >= 11 is 0. The molecular weight excluding hydrogens is 172 g/mol. The molecule has 0 aromatic heterocycles. The molecule has 0 amide bonds. The number of benzene rings is 1. The summed E-state index contributed by atoms with van der Waals surface area (Å²) < 4.78 is 4.49. The lowest BCUT2D eigenvalue weighted by Gasteiger charge is -2.08. The van der Waals surface area contributed by atoms with Gasteiger partial charge >= 0.3 is 5.97 Å². The van der Waals surface area contributed by atoms with E-state index < -0.39 is 5.97 Å². The molecule has 0 saturated carbocycles. The maximum absolute atomic E-state index is 11.1. The van der Waals surface area contributed by atoms with Crippen LogP contribution in [0.1, 0.15) is 10.4 Å². The summed E-state index contributed by atoms with van der Waals surface area (Å²) in [5.41, 5.74) is 7.99. The maximum Gasteiger partial charge on any atom is 0.340 e. The van der Waals surface area contributed by atoms with E-state index in [9.17, 15) is 4.79 Å². The Morgan fingerprint density at radius 3 is 2.85 bits per heavy atom. The normalized spacial score (nSPS) is 9.38. The Kier molecular flexibility index (Phi) is 2.71. The summed E-state index contributed by atoms with van der Waals surface area (Å²) in [6.07, 6.45) is 0. The fourth-order valence-electron chi connectivity index (χ4n) is 0.975. The van der Waals surface area contributed by atoms with Crippen LogP contribution in [0.2, 0.25) is 0 Å². The Hall–Kier alpha value is -1.75. The second kappa shape index (κ2) is 3.77. The van der Waals surface area contributed by atoms with E-state index in [0.717, 1.165) is 0 Å². The second-order valence-electron chi connectivity index (χ2n) is 2.37. The van der Waals surface area contributed by atoms with Gasteiger partial charge in [-0.2, -0.15) is 0 Å². The number of anilines is 2. The van der Waals surface area contributed by atoms with Crippen molar-refractivity contribution < 1.29 is 14.7 Å². The monoisotopic (exact) mass is 182 g/mol. The number of hydrogen-bond acceptors (Lipinski definition) is 5. The van der Waals surface area contributed by atoms with Crippen LogP contribution in [-0.4, -0.2) is 18.3 Å². The molecule has 0 aliphatic rings. The molecule has 0 bridgehead atoms. The molecule has 1 rings (SSSR count). The van der Waals surface area contributed by atoms with Gasteiger partial charge in [-0.3, -0.25) is 10.7 Å². The minimum atomic E-state index is -0.552. The van der Waals surface area contributed by atoms with E-state index in [-0.39, 0.29) is 16.9 Å². The lowest BCUT2D eigenvalue weighted by atomic mass is 10.1. The van der Waals surface area contributed by atoms with E-state index >= 15 is 0 Å². The third kappa shape index (κ3) is 1.70. The summed E-state index contributed by atoms with van der Waals surface area (Å²) in [6.45, 7) is 0. The van der Waals surface area contributed by atoms with Crippen LogP contribution >= 0.6 is 0 Å². The van der Waals surface area contributed by atoms with Crippen molar-refractivity contribution in [3.05, 3.63) is 23.8 Å². The van der Waals surface area contributed by atoms with Gasteiger partial charge in [0, 0.05) is 0 Å². The molecule has 5 heteroatoms. The number of nitrogens with two attached hydrogens (primary N) is 1. The Morgan fingerprint density at radius 2 is 2.31 bits per heavy atom. The van der Waals surface area contributed by atoms with Gasteiger partial charge in [0.2, 0.25) is 0 Å². The summed E-state index contributed by atoms with van der Waals surface area (Å²) in [6, 6.07) is 4.66. The van der Waals surface area contributed by atoms with Crippen molar-refractivity contribution in [1.29, 1.82) is 0 Å². The maximum atomic E-state index is 11.1. The molecule has 4 N–H and O–H groups in total. The highest BCUT2D eigenvalue weighted by Gasteiger charge is 2.12. The zero-order valence-corrected chi connectivity index (χ0v) is 7.07. The van der Waals surface area contributed by atoms with Crippen molar-refractivity contribution in [2.24, 2.45) is 0 Å². The molecule has 0 atom stereocenters. The predicted molar refractivity (Wildman–Crippen MR) is 47.6 cm³/mol. The molecule has 0 fully saturated rings. The third-order valence-corrected chi connectivity index (χ3v) is 1.61. The molecule has 70 valence electrons. The van der Waals surface area contributed by atoms with Crippen molar-refractivity contribution >= 4 is 17.3 Å². The first-order valence-electron chi connectivity index (χ1n) is 3.57. The Balaban J connectivity index is 3.20. The van der Waals surface area contributed by atoms with Crippen LogP contribution in [0, 0.1) is 0 Å². The van der Waals surface area contributed by atoms with Crippen molar-refractivity contribution in [1.82, 2.24) is 0 Å². The van der Waals surface area contributed by atoms with Crippen LogP contribution in [0.3, 0.4) is 0 Å². The van der Waals surface area contributed by atoms with Crippen LogP contribution in [0.4, 0.5) is 11.4 Å². The SMILES string of the molecule is COC(=O)c1cccc(N)c1NO. The molecule has 0 aliphatic carbocycles. The van der Waals surface area contributed by atoms with Crippen LogP contribution in [0.15, 0.2) is 18.2 Å². The van der Waals surface area contributed by atoms with Crippen molar-refractivity contribution in [2.75, 3.05) is 18.3 Å². The van der Waals surface area contributed by atoms with Gasteiger partial charge in [0.15, 0.2) is 0 Å². The molecule has 0 aliphatic heterocycles. The van der Waals surface area contributed by atoms with Gasteiger partial charge in [-0.1, -0.05) is 6.07 Å². The number of hydrogen-bond donors (Lipinski definition) is 3. The number of carbonyl (C=O) groups is 1. The zero-order chi connectivity index (χ0) is 9.84. The Bertz CT molecular complexity index is 325. The molecule has 0 unspecified atom stereocenters. The van der Waals surface area contributed by atoms with Crippen LogP contribution < -0.4 is 11.2 Å². The first-order valence-corrected chi connectivity index (χ1v) is 3.57. The van der Waals surface area contributed by atoms with Gasteiger partial charge in [-0.25, -0.2) is 4.79 Å². The second-order valence-corrected chi connectivity index (χ2v) is 2.37. The van der Waals surface area contributed by atoms with E-state index in [1.165, 1.54) is 13.2 Å². The smallest absolute Gasteiger partial charge is 0.340 e. The number of carbonyl (C=O) groups excluding carboxylic acids is 1. The van der Waals surface area contributed by atoms with E-state index in [1.54, 1.807) is 12.1 Å². The molecular formula is C8H10N2O3. The molecule has 0 spiro atoms. The summed E-state index contributed by atoms with van der Waals surface area (Å²) in [5, 5.41) is 8.71. The summed E-state index contributed by atoms with van der Waals surface area (Å²) in [5.74, 6) is -0.552. The van der Waals surface area contributed by atoms with E-state index in [4.69, 9.17) is 10.9 Å². The van der Waals surface area contributed by atoms with Gasteiger partial charge < -0.3 is 10.5 Å². The fourth-order valence-corrected chi connectivity index (χ4v) is 0.975. The highest BCUT2D eigenvalue weighted by Crippen LogP contribution is 2.22. The minimum Gasteiger partial charge on any atom is -0.465 e. The van der Waals surface area contributed by atoms with Crippen molar-refractivity contribution in [2.45, 2.75) is 0 Å². The quantitative estimate of drug-likeness (QED) is 0.359. The number of nitrogen functional groups attached to an aromatic ring is 1. The largest absolute Gasteiger partial charge is 0.465 e. The Morgan fingerprint density at radius 1 is 1.62 bits per heavy atom. The fraction of sp³-hybridized carbons (Fsp3) is 0.125. The molecule has 0 saturated heterocycles. The molecule has 5 nitrogen and oxygen atoms in total. The highest BCUT2D eigenvalue weighted by molar-refractivity contribution is 5.98. The topological polar surface area (TPSA) is 84.6 Å². The average molecular weight is 182 g/mol. The highest BCUT2D eigenvalue weighted by atomic mass is 16.5. The van der Waals surface area contributed by atoms with E-state index in [1.807, 2.05) is 5.48 Å². The molecule has 13 heavy (non-hydrogen) atoms. The minimum absolute atomic E-state index is 0.161. The summed E-state index contributed by atoms with van der Waals surface area (Å²) in [4.78, 5) is 11.1. The number of esters is 1. The number of methoxy groups -OCH3 is 1. The number of rotatable bonds is 2. The van der Waals surface area contributed by atoms with E-state index in [2.05, 4.69) is 4.74 Å². The van der Waals surface area contributed by atoms with Gasteiger partial charge in [0.25, 0.3) is 0 Å². The zero-order valence-electron chi connectivity index (χ0n) is 7.07. The first kappa shape index (κ1) is 9.34. The van der Waals surface area contributed by atoms with Gasteiger partial charge in [0.1, 0.15) is 0 Å². The Labute approximate surface area is 75.1 Å². The molecule has 0 heterocycles. The molecule has 1 aromatic rings. The first-order chi connectivity index (χ1) is 6.20. The van der Waals surface area contributed by atoms with Crippen LogP contribution in [0.25, 0.3) is 0 Å². The van der Waals surface area contributed by atoms with Crippen molar-refractivity contribution in [3.63, 3.8) is 0 Å². The van der Waals surface area contributed by atoms with Crippen molar-refractivity contribution in [3.8, 4) is 0 Å². The number of nitrogens with one attached hydrogen (secondary N) is 1. The van der Waals surface area contributed by atoms with Crippen LogP contribution in [-0.2, 0) is 4.74 Å². The lowest BCUT2D eigenvalue weighted by Crippen LogP contribution is -2.07. The average Bonchev–Trinajstić information content (AvgIpc) is 2.16. The predicted octanol–water partition coefficient (Wildman–Crippen LogP) is 0.856. The third-order valence-electron chi connectivity index (χ3n) is 1.61. The van der Waals surface area contributed by atoms with Crippen LogP contribution in [0.5, 0.6) is 0 Å². The van der Waals surface area contributed by atoms with Gasteiger partial charge in [-0.15, -0.1) is 0 Å². The van der Waals surface area contributed by atoms with Gasteiger partial charge in [0.05, 0.1) is 24.0 Å². The molecule has 1 aromatic carbocycles. The number of ether oxygens (including phenoxy) is 1. The lowest BCUT2D eigenvalue weighted by molar-refractivity contribution is 0.0601. The standard InChI is InChI=1S/C8H10N2O3/c1-13-8(11)5-3-2-4-6(9)7(5)10-12/h2-4,10,12H,9H2,1H3.